The lowest BCUT2D eigenvalue weighted by Crippen LogP contribution is -2.50. The van der Waals surface area contributed by atoms with E-state index in [1.807, 2.05) is 11.0 Å². The summed E-state index contributed by atoms with van der Waals surface area (Å²) in [7, 11) is 0. The summed E-state index contributed by atoms with van der Waals surface area (Å²) in [6.45, 7) is 2.22. The molecule has 1 aromatic heterocycles. The maximum Gasteiger partial charge on any atom is 0.240 e. The van der Waals surface area contributed by atoms with Gasteiger partial charge in [0.15, 0.2) is 0 Å². The van der Waals surface area contributed by atoms with Crippen molar-refractivity contribution >= 4 is 5.91 Å². The monoisotopic (exact) mass is 282 g/mol. The Morgan fingerprint density at radius 3 is 3.05 bits per heavy atom. The number of hydrogen-bond acceptors (Lipinski definition) is 3. The fraction of sp³-hybridized carbons (Fsp3) is 0.375. The lowest BCUT2D eigenvalue weighted by Gasteiger charge is -2.33. The number of fused-ring (bicyclic) bond motifs is 2. The van der Waals surface area contributed by atoms with Crippen LogP contribution in [0.5, 0.6) is 0 Å². The average molecular weight is 282 g/mol. The van der Waals surface area contributed by atoms with Crippen LogP contribution in [0.1, 0.15) is 22.5 Å². The number of imidazole rings is 1. The van der Waals surface area contributed by atoms with Crippen LogP contribution in [0, 0.1) is 0 Å². The number of carbonyl (C=O) groups excluding carboxylic acids is 1. The molecule has 21 heavy (non-hydrogen) atoms. The molecule has 1 aromatic carbocycles. The number of nitrogens with one attached hydrogen (secondary N) is 2. The quantitative estimate of drug-likeness (QED) is 0.820. The summed E-state index contributed by atoms with van der Waals surface area (Å²) in [4.78, 5) is 22.1. The molecule has 0 radical (unpaired) electrons. The molecule has 0 spiro atoms. The van der Waals surface area contributed by atoms with Gasteiger partial charge in [0, 0.05) is 26.1 Å². The molecule has 1 unspecified atom stereocenters. The zero-order chi connectivity index (χ0) is 14.2. The van der Waals surface area contributed by atoms with Crippen LogP contribution >= 0.6 is 0 Å². The van der Waals surface area contributed by atoms with Gasteiger partial charge in [0.2, 0.25) is 5.91 Å². The Kier molecular flexibility index (Phi) is 3.00. The van der Waals surface area contributed by atoms with Gasteiger partial charge in [-0.2, -0.15) is 0 Å². The first-order chi connectivity index (χ1) is 10.3. The van der Waals surface area contributed by atoms with E-state index in [0.29, 0.717) is 13.0 Å². The second-order valence-corrected chi connectivity index (χ2v) is 5.74. The summed E-state index contributed by atoms with van der Waals surface area (Å²) >= 11 is 0. The Hall–Kier alpha value is -2.14. The van der Waals surface area contributed by atoms with Gasteiger partial charge < -0.3 is 9.88 Å². The fourth-order valence-corrected chi connectivity index (χ4v) is 3.25. The zero-order valence-electron chi connectivity index (χ0n) is 11.8. The third-order valence-electron chi connectivity index (χ3n) is 4.47. The molecule has 108 valence electrons. The predicted octanol–water partition coefficient (Wildman–Crippen LogP) is 1.01. The van der Waals surface area contributed by atoms with E-state index in [4.69, 9.17) is 0 Å². The molecule has 1 amide bonds. The minimum Gasteiger partial charge on any atom is -0.347 e. The van der Waals surface area contributed by atoms with Gasteiger partial charge in [0.05, 0.1) is 23.8 Å². The number of carbonyl (C=O) groups is 1. The topological polar surface area (TPSA) is 61.0 Å². The van der Waals surface area contributed by atoms with E-state index in [1.54, 1.807) is 6.33 Å². The number of H-pyrrole nitrogens is 1. The summed E-state index contributed by atoms with van der Waals surface area (Å²) in [6.07, 6.45) is 3.33. The van der Waals surface area contributed by atoms with Crippen molar-refractivity contribution in [1.82, 2.24) is 20.2 Å². The molecule has 1 atom stereocenters. The minimum atomic E-state index is -0.147. The summed E-state index contributed by atoms with van der Waals surface area (Å²) in [5.41, 5.74) is 4.76. The molecule has 5 heteroatoms. The van der Waals surface area contributed by atoms with Crippen LogP contribution in [0.2, 0.25) is 0 Å². The standard InChI is InChI=1S/C16H18N4O/c21-16(14-7-13-15(8-17-14)19-10-18-13)20-6-5-11-3-1-2-4-12(11)9-20/h1-4,10,14,17H,5-9H2,(H,18,19). The summed E-state index contributed by atoms with van der Waals surface area (Å²) in [6, 6.07) is 8.24. The van der Waals surface area contributed by atoms with Crippen molar-refractivity contribution in [2.45, 2.75) is 32.0 Å². The third-order valence-corrected chi connectivity index (χ3v) is 4.47. The molecule has 2 aliphatic heterocycles. The van der Waals surface area contributed by atoms with Crippen LogP contribution in [0.3, 0.4) is 0 Å². The van der Waals surface area contributed by atoms with Crippen molar-refractivity contribution in [2.24, 2.45) is 0 Å². The molecule has 5 nitrogen and oxygen atoms in total. The van der Waals surface area contributed by atoms with Crippen LogP contribution < -0.4 is 5.32 Å². The SMILES string of the molecule is O=C(C1Cc2nc[nH]c2CN1)N1CCc2ccccc2C1. The van der Waals surface area contributed by atoms with Gasteiger partial charge in [-0.25, -0.2) is 4.98 Å². The van der Waals surface area contributed by atoms with E-state index in [0.717, 1.165) is 30.9 Å². The molecule has 0 saturated heterocycles. The predicted molar refractivity (Wildman–Crippen MR) is 78.5 cm³/mol. The van der Waals surface area contributed by atoms with E-state index < -0.39 is 0 Å². The second kappa shape index (κ2) is 5.00. The van der Waals surface area contributed by atoms with Gasteiger partial charge in [0.25, 0.3) is 0 Å². The highest BCUT2D eigenvalue weighted by Gasteiger charge is 2.30. The van der Waals surface area contributed by atoms with Crippen LogP contribution in [-0.2, 0) is 30.7 Å². The largest absolute Gasteiger partial charge is 0.347 e. The third kappa shape index (κ3) is 2.23. The fourth-order valence-electron chi connectivity index (χ4n) is 3.25. The first-order valence-electron chi connectivity index (χ1n) is 7.41. The number of rotatable bonds is 1. The highest BCUT2D eigenvalue weighted by molar-refractivity contribution is 5.82. The van der Waals surface area contributed by atoms with E-state index in [9.17, 15) is 4.79 Å². The maximum absolute atomic E-state index is 12.7. The van der Waals surface area contributed by atoms with Crippen molar-refractivity contribution in [3.8, 4) is 0 Å². The number of aromatic amines is 1. The van der Waals surface area contributed by atoms with Crippen molar-refractivity contribution in [1.29, 1.82) is 0 Å². The number of hydrogen-bond donors (Lipinski definition) is 2. The van der Waals surface area contributed by atoms with E-state index in [1.165, 1.54) is 11.1 Å². The Balaban J connectivity index is 1.49. The normalized spacial score (nSPS) is 20.8. The summed E-state index contributed by atoms with van der Waals surface area (Å²) in [5.74, 6) is 0.193. The van der Waals surface area contributed by atoms with Crippen molar-refractivity contribution < 1.29 is 4.79 Å². The molecule has 0 bridgehead atoms. The average Bonchev–Trinajstić information content (AvgIpc) is 3.01. The van der Waals surface area contributed by atoms with Crippen LogP contribution in [0.15, 0.2) is 30.6 Å². The van der Waals surface area contributed by atoms with Crippen molar-refractivity contribution in [2.75, 3.05) is 6.54 Å². The van der Waals surface area contributed by atoms with E-state index in [-0.39, 0.29) is 11.9 Å². The second-order valence-electron chi connectivity index (χ2n) is 5.74. The molecule has 0 fully saturated rings. The summed E-state index contributed by atoms with van der Waals surface area (Å²) < 4.78 is 0. The van der Waals surface area contributed by atoms with Crippen LogP contribution in [0.4, 0.5) is 0 Å². The van der Waals surface area contributed by atoms with Crippen LogP contribution in [-0.4, -0.2) is 33.4 Å². The van der Waals surface area contributed by atoms with Crippen molar-refractivity contribution in [3.63, 3.8) is 0 Å². The van der Waals surface area contributed by atoms with Gasteiger partial charge in [-0.3, -0.25) is 10.1 Å². The number of amides is 1. The first-order valence-corrected chi connectivity index (χ1v) is 7.41. The highest BCUT2D eigenvalue weighted by Crippen LogP contribution is 2.21. The smallest absolute Gasteiger partial charge is 0.240 e. The Morgan fingerprint density at radius 1 is 1.29 bits per heavy atom. The molecular weight excluding hydrogens is 264 g/mol. The molecule has 2 aromatic rings. The Labute approximate surface area is 123 Å². The van der Waals surface area contributed by atoms with Crippen molar-refractivity contribution in [3.05, 3.63) is 53.1 Å². The number of benzene rings is 1. The molecule has 0 saturated carbocycles. The molecule has 2 N–H and O–H groups in total. The lowest BCUT2D eigenvalue weighted by molar-refractivity contribution is -0.134. The van der Waals surface area contributed by atoms with E-state index >= 15 is 0 Å². The molecule has 2 aliphatic rings. The zero-order valence-corrected chi connectivity index (χ0v) is 11.8. The van der Waals surface area contributed by atoms with Gasteiger partial charge >= 0.3 is 0 Å². The maximum atomic E-state index is 12.7. The minimum absolute atomic E-state index is 0.147. The van der Waals surface area contributed by atoms with Gasteiger partial charge in [0.1, 0.15) is 0 Å². The molecular formula is C16H18N4O. The molecule has 3 heterocycles. The highest BCUT2D eigenvalue weighted by atomic mass is 16.2. The number of nitrogens with zero attached hydrogens (tertiary/aromatic N) is 2. The molecule has 4 rings (SSSR count). The Morgan fingerprint density at radius 2 is 2.14 bits per heavy atom. The molecule has 0 aliphatic carbocycles. The Bertz CT molecular complexity index is 678. The van der Waals surface area contributed by atoms with E-state index in [2.05, 4.69) is 33.5 Å². The number of aromatic nitrogens is 2. The van der Waals surface area contributed by atoms with Crippen LogP contribution in [0.25, 0.3) is 0 Å². The van der Waals surface area contributed by atoms with Gasteiger partial charge in [-0.05, 0) is 17.5 Å². The summed E-state index contributed by atoms with van der Waals surface area (Å²) in [5, 5.41) is 3.32. The van der Waals surface area contributed by atoms with Gasteiger partial charge in [-0.1, -0.05) is 24.3 Å². The first kappa shape index (κ1) is 12.6. The lowest BCUT2D eigenvalue weighted by atomic mass is 9.98. The van der Waals surface area contributed by atoms with Gasteiger partial charge in [-0.15, -0.1) is 0 Å².